The SMILES string of the molecule is O=C(OCc1ccc2c(c1)C(=O)c1ccccc1C2=O)Oc1ccc([N+](=O)[O-])cc1. The van der Waals surface area contributed by atoms with Crippen LogP contribution in [0.1, 0.15) is 37.4 Å². The molecule has 0 unspecified atom stereocenters. The van der Waals surface area contributed by atoms with Gasteiger partial charge >= 0.3 is 6.16 Å². The molecule has 0 N–H and O–H groups in total. The minimum absolute atomic E-state index is 0.0911. The Balaban J connectivity index is 1.45. The van der Waals surface area contributed by atoms with Gasteiger partial charge in [0.15, 0.2) is 11.6 Å². The summed E-state index contributed by atoms with van der Waals surface area (Å²) in [4.78, 5) is 47.3. The Morgan fingerprint density at radius 3 is 2.07 bits per heavy atom. The second-order valence-electron chi connectivity index (χ2n) is 6.48. The highest BCUT2D eigenvalue weighted by molar-refractivity contribution is 6.28. The topological polar surface area (TPSA) is 113 Å². The normalized spacial score (nSPS) is 12.0. The number of hydrogen-bond donors (Lipinski definition) is 0. The van der Waals surface area contributed by atoms with Gasteiger partial charge in [-0.2, -0.15) is 0 Å². The summed E-state index contributed by atoms with van der Waals surface area (Å²) in [6.07, 6.45) is -1.01. The molecule has 0 saturated carbocycles. The molecule has 8 nitrogen and oxygen atoms in total. The number of fused-ring (bicyclic) bond motifs is 2. The Morgan fingerprint density at radius 1 is 0.833 bits per heavy atom. The van der Waals surface area contributed by atoms with Crippen LogP contribution in [0.4, 0.5) is 10.5 Å². The first-order chi connectivity index (χ1) is 14.4. The molecule has 0 bridgehead atoms. The van der Waals surface area contributed by atoms with Gasteiger partial charge in [0, 0.05) is 34.4 Å². The van der Waals surface area contributed by atoms with Gasteiger partial charge in [0.2, 0.25) is 0 Å². The highest BCUT2D eigenvalue weighted by atomic mass is 16.7. The predicted molar refractivity (Wildman–Crippen MR) is 104 cm³/mol. The Kier molecular flexibility index (Phi) is 4.81. The van der Waals surface area contributed by atoms with Crippen molar-refractivity contribution in [2.75, 3.05) is 0 Å². The van der Waals surface area contributed by atoms with Gasteiger partial charge in [0.1, 0.15) is 12.4 Å². The third-order valence-corrected chi connectivity index (χ3v) is 4.59. The van der Waals surface area contributed by atoms with Crippen molar-refractivity contribution in [2.24, 2.45) is 0 Å². The Labute approximate surface area is 169 Å². The van der Waals surface area contributed by atoms with Gasteiger partial charge in [-0.25, -0.2) is 4.79 Å². The molecule has 4 rings (SSSR count). The maximum atomic E-state index is 12.7. The molecule has 148 valence electrons. The minimum atomic E-state index is -1.01. The van der Waals surface area contributed by atoms with Crippen LogP contribution in [-0.4, -0.2) is 22.6 Å². The Hall–Kier alpha value is -4.33. The van der Waals surface area contributed by atoms with Gasteiger partial charge in [0.05, 0.1) is 4.92 Å². The molecule has 1 aliphatic rings. The van der Waals surface area contributed by atoms with E-state index in [-0.39, 0.29) is 35.2 Å². The molecule has 0 aromatic heterocycles. The maximum Gasteiger partial charge on any atom is 0.514 e. The predicted octanol–water partition coefficient (Wildman–Crippen LogP) is 4.09. The average Bonchev–Trinajstić information content (AvgIpc) is 2.76. The molecular formula is C22H13NO7. The number of ether oxygens (including phenoxy) is 2. The minimum Gasteiger partial charge on any atom is -0.429 e. The van der Waals surface area contributed by atoms with Gasteiger partial charge in [0.25, 0.3) is 5.69 Å². The lowest BCUT2D eigenvalue weighted by atomic mass is 9.83. The molecule has 0 amide bonds. The third-order valence-electron chi connectivity index (χ3n) is 4.59. The molecule has 0 saturated heterocycles. The van der Waals surface area contributed by atoms with E-state index in [9.17, 15) is 24.5 Å². The zero-order valence-corrected chi connectivity index (χ0v) is 15.4. The van der Waals surface area contributed by atoms with Crippen molar-refractivity contribution in [2.45, 2.75) is 6.61 Å². The third kappa shape index (κ3) is 3.53. The zero-order chi connectivity index (χ0) is 21.3. The van der Waals surface area contributed by atoms with Gasteiger partial charge in [-0.1, -0.05) is 30.3 Å². The van der Waals surface area contributed by atoms with Crippen molar-refractivity contribution in [3.8, 4) is 5.75 Å². The molecule has 1 aliphatic carbocycles. The molecule has 30 heavy (non-hydrogen) atoms. The van der Waals surface area contributed by atoms with Crippen LogP contribution in [0.25, 0.3) is 0 Å². The Morgan fingerprint density at radius 2 is 1.43 bits per heavy atom. The molecule has 0 atom stereocenters. The highest BCUT2D eigenvalue weighted by Gasteiger charge is 2.29. The van der Waals surface area contributed by atoms with Crippen molar-refractivity contribution in [3.05, 3.63) is 105 Å². The average molecular weight is 403 g/mol. The smallest absolute Gasteiger partial charge is 0.429 e. The van der Waals surface area contributed by atoms with Crippen molar-refractivity contribution in [3.63, 3.8) is 0 Å². The van der Waals surface area contributed by atoms with E-state index < -0.39 is 11.1 Å². The molecular weight excluding hydrogens is 390 g/mol. The molecule has 0 radical (unpaired) electrons. The fourth-order valence-electron chi connectivity index (χ4n) is 3.14. The van der Waals surface area contributed by atoms with Gasteiger partial charge in [-0.05, 0) is 29.8 Å². The van der Waals surface area contributed by atoms with Crippen LogP contribution >= 0.6 is 0 Å². The fraction of sp³-hybridized carbons (Fsp3) is 0.0455. The fourth-order valence-corrected chi connectivity index (χ4v) is 3.14. The first-order valence-corrected chi connectivity index (χ1v) is 8.84. The van der Waals surface area contributed by atoms with Crippen molar-refractivity contribution >= 4 is 23.4 Å². The number of hydrogen-bond acceptors (Lipinski definition) is 7. The lowest BCUT2D eigenvalue weighted by molar-refractivity contribution is -0.384. The lowest BCUT2D eigenvalue weighted by Gasteiger charge is -2.18. The summed E-state index contributed by atoms with van der Waals surface area (Å²) in [6.45, 7) is -0.178. The summed E-state index contributed by atoms with van der Waals surface area (Å²) in [5.74, 6) is -0.408. The Bertz CT molecular complexity index is 1200. The van der Waals surface area contributed by atoms with E-state index in [0.29, 0.717) is 22.3 Å². The number of carbonyl (C=O) groups excluding carboxylic acids is 3. The molecule has 0 spiro atoms. The highest BCUT2D eigenvalue weighted by Crippen LogP contribution is 2.28. The van der Waals surface area contributed by atoms with Crippen LogP contribution < -0.4 is 4.74 Å². The van der Waals surface area contributed by atoms with Crippen molar-refractivity contribution in [1.29, 1.82) is 0 Å². The zero-order valence-electron chi connectivity index (χ0n) is 15.4. The van der Waals surface area contributed by atoms with E-state index >= 15 is 0 Å². The van der Waals surface area contributed by atoms with Crippen LogP contribution in [0.5, 0.6) is 5.75 Å². The van der Waals surface area contributed by atoms with E-state index in [1.807, 2.05) is 0 Å². The largest absolute Gasteiger partial charge is 0.514 e. The van der Waals surface area contributed by atoms with Crippen LogP contribution in [0, 0.1) is 10.1 Å². The number of benzene rings is 3. The number of carbonyl (C=O) groups is 3. The summed E-state index contributed by atoms with van der Waals surface area (Å²) in [7, 11) is 0. The van der Waals surface area contributed by atoms with Crippen LogP contribution in [-0.2, 0) is 11.3 Å². The van der Waals surface area contributed by atoms with Crippen molar-refractivity contribution < 1.29 is 28.8 Å². The first kappa shape index (κ1) is 19.0. The number of rotatable bonds is 4. The van der Waals surface area contributed by atoms with Gasteiger partial charge in [-0.15, -0.1) is 0 Å². The summed E-state index contributed by atoms with van der Waals surface area (Å²) < 4.78 is 10.0. The number of nitro groups is 1. The monoisotopic (exact) mass is 403 g/mol. The molecule has 8 heteroatoms. The second-order valence-corrected chi connectivity index (χ2v) is 6.48. The number of nitro benzene ring substituents is 1. The van der Waals surface area contributed by atoms with Crippen molar-refractivity contribution in [1.82, 2.24) is 0 Å². The summed E-state index contributed by atoms with van der Waals surface area (Å²) >= 11 is 0. The number of non-ortho nitro benzene ring substituents is 1. The summed E-state index contributed by atoms with van der Waals surface area (Å²) in [6, 6.07) is 16.2. The maximum absolute atomic E-state index is 12.7. The summed E-state index contributed by atoms with van der Waals surface area (Å²) in [5, 5.41) is 10.6. The lowest BCUT2D eigenvalue weighted by Crippen LogP contribution is -2.21. The number of ketones is 2. The van der Waals surface area contributed by atoms with E-state index in [0.717, 1.165) is 0 Å². The summed E-state index contributed by atoms with van der Waals surface area (Å²) in [5.41, 5.74) is 1.64. The molecule has 3 aromatic carbocycles. The van der Waals surface area contributed by atoms with Crippen LogP contribution in [0.2, 0.25) is 0 Å². The van der Waals surface area contributed by atoms with Gasteiger partial charge in [-0.3, -0.25) is 19.7 Å². The van der Waals surface area contributed by atoms with Crippen LogP contribution in [0.15, 0.2) is 66.7 Å². The van der Waals surface area contributed by atoms with Crippen LogP contribution in [0.3, 0.4) is 0 Å². The first-order valence-electron chi connectivity index (χ1n) is 8.84. The van der Waals surface area contributed by atoms with E-state index in [4.69, 9.17) is 9.47 Å². The molecule has 0 aliphatic heterocycles. The standard InChI is InChI=1S/C22H13NO7/c24-20-16-3-1-2-4-17(16)21(25)19-11-13(5-10-18(19)20)12-29-22(26)30-15-8-6-14(7-9-15)23(27)28/h1-11H,12H2. The number of nitrogens with zero attached hydrogens (tertiary/aromatic N) is 1. The molecule has 0 fully saturated rings. The van der Waals surface area contributed by atoms with E-state index in [1.54, 1.807) is 30.3 Å². The second kappa shape index (κ2) is 7.59. The quantitative estimate of drug-likeness (QED) is 0.218. The molecule has 0 heterocycles. The van der Waals surface area contributed by atoms with E-state index in [2.05, 4.69) is 0 Å². The van der Waals surface area contributed by atoms with Gasteiger partial charge < -0.3 is 9.47 Å². The van der Waals surface area contributed by atoms with E-state index in [1.165, 1.54) is 36.4 Å². The molecule has 3 aromatic rings.